The Labute approximate surface area is 87.3 Å². The Hall–Kier alpha value is -0.790. The smallest absolute Gasteiger partial charge is 0.330 e. The summed E-state index contributed by atoms with van der Waals surface area (Å²) < 4.78 is 5.37. The van der Waals surface area contributed by atoms with Crippen molar-refractivity contribution in [2.45, 2.75) is 58.5 Å². The van der Waals surface area contributed by atoms with Gasteiger partial charge in [0.15, 0.2) is 0 Å². The van der Waals surface area contributed by atoms with Crippen LogP contribution in [0.25, 0.3) is 0 Å². The van der Waals surface area contributed by atoms with Gasteiger partial charge in [-0.15, -0.1) is 0 Å². The van der Waals surface area contributed by atoms with Gasteiger partial charge in [0.05, 0.1) is 0 Å². The number of esters is 1. The van der Waals surface area contributed by atoms with Crippen molar-refractivity contribution in [2.24, 2.45) is 0 Å². The minimum Gasteiger partial charge on any atom is -0.456 e. The van der Waals surface area contributed by atoms with Crippen LogP contribution >= 0.6 is 0 Å². The first kappa shape index (κ1) is 13.2. The standard InChI is InChI=1S/C12H22O2/c1-5-8-10-12(4,9-6-2)14-11(13)7-3/h7H,3,5-6,8-10H2,1-2,4H3. The number of ether oxygens (including phenoxy) is 1. The van der Waals surface area contributed by atoms with Crippen LogP contribution in [-0.2, 0) is 9.53 Å². The summed E-state index contributed by atoms with van der Waals surface area (Å²) in [5.41, 5.74) is -0.296. The predicted octanol–water partition coefficient (Wildman–Crippen LogP) is 3.46. The number of carbonyl (C=O) groups is 1. The summed E-state index contributed by atoms with van der Waals surface area (Å²) in [5, 5.41) is 0. The maximum Gasteiger partial charge on any atom is 0.330 e. The number of carbonyl (C=O) groups excluding carboxylic acids is 1. The molecule has 2 nitrogen and oxygen atoms in total. The molecule has 0 radical (unpaired) electrons. The molecular weight excluding hydrogens is 176 g/mol. The average Bonchev–Trinajstić information content (AvgIpc) is 2.15. The van der Waals surface area contributed by atoms with Gasteiger partial charge in [-0.05, 0) is 26.2 Å². The van der Waals surface area contributed by atoms with Crippen molar-refractivity contribution in [1.82, 2.24) is 0 Å². The average molecular weight is 198 g/mol. The van der Waals surface area contributed by atoms with Crippen LogP contribution < -0.4 is 0 Å². The Morgan fingerprint density at radius 3 is 2.43 bits per heavy atom. The van der Waals surface area contributed by atoms with E-state index in [9.17, 15) is 4.79 Å². The lowest BCUT2D eigenvalue weighted by molar-refractivity contribution is -0.153. The zero-order chi connectivity index (χ0) is 11.0. The molecule has 0 aliphatic carbocycles. The lowest BCUT2D eigenvalue weighted by atomic mass is 9.93. The topological polar surface area (TPSA) is 26.3 Å². The van der Waals surface area contributed by atoms with Gasteiger partial charge in [-0.2, -0.15) is 0 Å². The summed E-state index contributed by atoms with van der Waals surface area (Å²) in [5.74, 6) is -0.308. The molecule has 0 aliphatic heterocycles. The van der Waals surface area contributed by atoms with Gasteiger partial charge in [0.1, 0.15) is 5.60 Å². The Kier molecular flexibility index (Phi) is 6.26. The summed E-state index contributed by atoms with van der Waals surface area (Å²) in [6, 6.07) is 0. The second kappa shape index (κ2) is 6.63. The van der Waals surface area contributed by atoms with E-state index < -0.39 is 0 Å². The van der Waals surface area contributed by atoms with Crippen LogP contribution in [0.3, 0.4) is 0 Å². The van der Waals surface area contributed by atoms with E-state index in [1.54, 1.807) is 0 Å². The van der Waals surface area contributed by atoms with E-state index >= 15 is 0 Å². The van der Waals surface area contributed by atoms with Crippen LogP contribution in [0.1, 0.15) is 52.9 Å². The van der Waals surface area contributed by atoms with Gasteiger partial charge in [0.2, 0.25) is 0 Å². The van der Waals surface area contributed by atoms with Gasteiger partial charge in [0.25, 0.3) is 0 Å². The highest BCUT2D eigenvalue weighted by Crippen LogP contribution is 2.24. The maximum absolute atomic E-state index is 11.1. The predicted molar refractivity (Wildman–Crippen MR) is 59.1 cm³/mol. The summed E-state index contributed by atoms with van der Waals surface area (Å²) in [6.45, 7) is 9.66. The fourth-order valence-electron chi connectivity index (χ4n) is 1.59. The first-order valence-corrected chi connectivity index (χ1v) is 5.43. The molecule has 0 aromatic heterocycles. The highest BCUT2D eigenvalue weighted by molar-refractivity contribution is 5.81. The molecule has 0 saturated carbocycles. The van der Waals surface area contributed by atoms with Gasteiger partial charge < -0.3 is 4.74 Å². The van der Waals surface area contributed by atoms with Crippen LogP contribution in [0.4, 0.5) is 0 Å². The molecular formula is C12H22O2. The second-order valence-corrected chi connectivity index (χ2v) is 3.93. The monoisotopic (exact) mass is 198 g/mol. The van der Waals surface area contributed by atoms with Crippen molar-refractivity contribution in [3.8, 4) is 0 Å². The molecule has 0 aromatic rings. The Bertz CT molecular complexity index is 187. The number of hydrogen-bond acceptors (Lipinski definition) is 2. The molecule has 0 amide bonds. The third-order valence-corrected chi connectivity index (χ3v) is 2.35. The Balaban J connectivity index is 4.21. The molecule has 1 unspecified atom stereocenters. The molecule has 14 heavy (non-hydrogen) atoms. The molecule has 82 valence electrons. The quantitative estimate of drug-likeness (QED) is 0.462. The van der Waals surface area contributed by atoms with Crippen molar-refractivity contribution in [1.29, 1.82) is 0 Å². The van der Waals surface area contributed by atoms with Gasteiger partial charge in [-0.25, -0.2) is 4.79 Å². The summed E-state index contributed by atoms with van der Waals surface area (Å²) in [6.07, 6.45) is 6.36. The Morgan fingerprint density at radius 2 is 2.00 bits per heavy atom. The SMILES string of the molecule is C=CC(=O)OC(C)(CCC)CCCC. The lowest BCUT2D eigenvalue weighted by Crippen LogP contribution is -2.30. The van der Waals surface area contributed by atoms with E-state index in [0.29, 0.717) is 0 Å². The van der Waals surface area contributed by atoms with Crippen LogP contribution in [0, 0.1) is 0 Å². The minimum atomic E-state index is -0.308. The maximum atomic E-state index is 11.1. The molecule has 0 aliphatic rings. The van der Waals surface area contributed by atoms with Crippen LogP contribution in [0.2, 0.25) is 0 Å². The van der Waals surface area contributed by atoms with Gasteiger partial charge >= 0.3 is 5.97 Å². The Morgan fingerprint density at radius 1 is 1.36 bits per heavy atom. The number of hydrogen-bond donors (Lipinski definition) is 0. The zero-order valence-corrected chi connectivity index (χ0v) is 9.64. The summed E-state index contributed by atoms with van der Waals surface area (Å²) in [7, 11) is 0. The molecule has 0 aromatic carbocycles. The largest absolute Gasteiger partial charge is 0.456 e. The fourth-order valence-corrected chi connectivity index (χ4v) is 1.59. The lowest BCUT2D eigenvalue weighted by Gasteiger charge is -2.28. The second-order valence-electron chi connectivity index (χ2n) is 3.93. The molecule has 2 heteroatoms. The van der Waals surface area contributed by atoms with Crippen molar-refractivity contribution in [3.63, 3.8) is 0 Å². The van der Waals surface area contributed by atoms with E-state index in [1.807, 2.05) is 6.92 Å². The highest BCUT2D eigenvalue weighted by Gasteiger charge is 2.25. The zero-order valence-electron chi connectivity index (χ0n) is 9.64. The molecule has 0 bridgehead atoms. The van der Waals surface area contributed by atoms with Crippen molar-refractivity contribution in [2.75, 3.05) is 0 Å². The fraction of sp³-hybridized carbons (Fsp3) is 0.750. The molecule has 0 fully saturated rings. The molecule has 0 N–H and O–H groups in total. The third kappa shape index (κ3) is 5.05. The molecule has 0 rings (SSSR count). The summed E-state index contributed by atoms with van der Waals surface area (Å²) in [4.78, 5) is 11.1. The van der Waals surface area contributed by atoms with Gasteiger partial charge in [0, 0.05) is 6.08 Å². The highest BCUT2D eigenvalue weighted by atomic mass is 16.6. The van der Waals surface area contributed by atoms with Crippen molar-refractivity contribution < 1.29 is 9.53 Å². The van der Waals surface area contributed by atoms with Crippen LogP contribution in [0.15, 0.2) is 12.7 Å². The van der Waals surface area contributed by atoms with Gasteiger partial charge in [-0.1, -0.05) is 33.3 Å². The van der Waals surface area contributed by atoms with E-state index in [0.717, 1.165) is 32.1 Å². The third-order valence-electron chi connectivity index (χ3n) is 2.35. The van der Waals surface area contributed by atoms with Gasteiger partial charge in [-0.3, -0.25) is 0 Å². The first-order chi connectivity index (χ1) is 6.58. The van der Waals surface area contributed by atoms with Crippen molar-refractivity contribution >= 4 is 5.97 Å². The van der Waals surface area contributed by atoms with E-state index in [-0.39, 0.29) is 11.6 Å². The molecule has 0 spiro atoms. The normalized spacial score (nSPS) is 14.5. The van der Waals surface area contributed by atoms with Crippen LogP contribution in [-0.4, -0.2) is 11.6 Å². The number of rotatable bonds is 7. The van der Waals surface area contributed by atoms with Crippen LogP contribution in [0.5, 0.6) is 0 Å². The minimum absolute atomic E-state index is 0.296. The first-order valence-electron chi connectivity index (χ1n) is 5.43. The molecule has 1 atom stereocenters. The van der Waals surface area contributed by atoms with E-state index in [1.165, 1.54) is 6.08 Å². The number of unbranched alkanes of at least 4 members (excludes halogenated alkanes) is 1. The summed E-state index contributed by atoms with van der Waals surface area (Å²) >= 11 is 0. The van der Waals surface area contributed by atoms with Crippen molar-refractivity contribution in [3.05, 3.63) is 12.7 Å². The van der Waals surface area contributed by atoms with E-state index in [2.05, 4.69) is 20.4 Å². The molecule has 0 saturated heterocycles. The van der Waals surface area contributed by atoms with E-state index in [4.69, 9.17) is 4.74 Å². The molecule has 0 heterocycles.